The second-order valence-electron chi connectivity index (χ2n) is 8.63. The van der Waals surface area contributed by atoms with Gasteiger partial charge >= 0.3 is 0 Å². The standard InChI is InChI=1S/C27H37N3O3/c1-21(2)27(31)28-18-10-4-5-17-26-29-22-13-6-7-14-23(22)30(26)19-11-12-20-33-25-16-9-8-15-24(25)32-3/h6-9,13-16,21H,4-5,10-12,17-20H2,1-3H3,(H,28,31). The molecule has 6 heteroatoms. The summed E-state index contributed by atoms with van der Waals surface area (Å²) in [7, 11) is 1.66. The Hall–Kier alpha value is -3.02. The van der Waals surface area contributed by atoms with Gasteiger partial charge in [0.25, 0.3) is 0 Å². The van der Waals surface area contributed by atoms with Gasteiger partial charge in [0.05, 0.1) is 24.8 Å². The van der Waals surface area contributed by atoms with Gasteiger partial charge in [-0.25, -0.2) is 4.98 Å². The van der Waals surface area contributed by atoms with Gasteiger partial charge in [-0.1, -0.05) is 44.5 Å². The number of amides is 1. The highest BCUT2D eigenvalue weighted by atomic mass is 16.5. The van der Waals surface area contributed by atoms with E-state index in [1.54, 1.807) is 7.11 Å². The number of para-hydroxylation sites is 4. The van der Waals surface area contributed by atoms with Crippen molar-refractivity contribution in [1.29, 1.82) is 0 Å². The smallest absolute Gasteiger partial charge is 0.222 e. The summed E-state index contributed by atoms with van der Waals surface area (Å²) in [4.78, 5) is 16.6. The number of fused-ring (bicyclic) bond motifs is 1. The predicted molar refractivity (Wildman–Crippen MR) is 133 cm³/mol. The van der Waals surface area contributed by atoms with E-state index < -0.39 is 0 Å². The van der Waals surface area contributed by atoms with Crippen LogP contribution in [0.5, 0.6) is 11.5 Å². The molecule has 0 aliphatic rings. The lowest BCUT2D eigenvalue weighted by Gasteiger charge is -2.12. The predicted octanol–water partition coefficient (Wildman–Crippen LogP) is 5.39. The third-order valence-corrected chi connectivity index (χ3v) is 5.74. The molecule has 0 unspecified atom stereocenters. The van der Waals surface area contributed by atoms with Crippen molar-refractivity contribution < 1.29 is 14.3 Å². The molecule has 0 aliphatic heterocycles. The number of rotatable bonds is 14. The fourth-order valence-corrected chi connectivity index (χ4v) is 3.86. The first-order chi connectivity index (χ1) is 16.1. The quantitative estimate of drug-likeness (QED) is 0.334. The first-order valence-electron chi connectivity index (χ1n) is 12.1. The van der Waals surface area contributed by atoms with Crippen LogP contribution in [-0.2, 0) is 17.8 Å². The number of carbonyl (C=O) groups excluding carboxylic acids is 1. The van der Waals surface area contributed by atoms with E-state index in [9.17, 15) is 4.79 Å². The van der Waals surface area contributed by atoms with Gasteiger partial charge in [0.15, 0.2) is 11.5 Å². The van der Waals surface area contributed by atoms with Crippen LogP contribution in [0.15, 0.2) is 48.5 Å². The zero-order valence-corrected chi connectivity index (χ0v) is 20.2. The fraction of sp³-hybridized carbons (Fsp3) is 0.481. The fourth-order valence-electron chi connectivity index (χ4n) is 3.86. The van der Waals surface area contributed by atoms with Crippen molar-refractivity contribution in [2.24, 2.45) is 5.92 Å². The first-order valence-corrected chi connectivity index (χ1v) is 12.1. The lowest BCUT2D eigenvalue weighted by atomic mass is 10.1. The lowest BCUT2D eigenvalue weighted by Crippen LogP contribution is -2.28. The number of carbonyl (C=O) groups is 1. The maximum atomic E-state index is 11.7. The molecule has 0 aliphatic carbocycles. The summed E-state index contributed by atoms with van der Waals surface area (Å²) < 4.78 is 13.6. The van der Waals surface area contributed by atoms with Crippen molar-refractivity contribution >= 4 is 16.9 Å². The minimum atomic E-state index is 0.0463. The number of benzene rings is 2. The van der Waals surface area contributed by atoms with Gasteiger partial charge < -0.3 is 19.4 Å². The Bertz CT molecular complexity index is 1010. The number of aromatic nitrogens is 2. The third-order valence-electron chi connectivity index (χ3n) is 5.74. The van der Waals surface area contributed by atoms with Crippen molar-refractivity contribution in [3.05, 3.63) is 54.4 Å². The number of methoxy groups -OCH3 is 1. The number of unbranched alkanes of at least 4 members (excludes halogenated alkanes) is 3. The van der Waals surface area contributed by atoms with Crippen molar-refractivity contribution in [2.45, 2.75) is 58.9 Å². The largest absolute Gasteiger partial charge is 0.493 e. The molecule has 178 valence electrons. The Morgan fingerprint density at radius 2 is 1.73 bits per heavy atom. The van der Waals surface area contributed by atoms with E-state index in [1.165, 1.54) is 5.52 Å². The Morgan fingerprint density at radius 3 is 2.52 bits per heavy atom. The summed E-state index contributed by atoms with van der Waals surface area (Å²) in [5, 5.41) is 2.99. The van der Waals surface area contributed by atoms with Crippen LogP contribution in [0.3, 0.4) is 0 Å². The van der Waals surface area contributed by atoms with Crippen LogP contribution in [-0.4, -0.2) is 35.7 Å². The topological polar surface area (TPSA) is 65.4 Å². The third kappa shape index (κ3) is 7.24. The Balaban J connectivity index is 1.47. The van der Waals surface area contributed by atoms with E-state index in [4.69, 9.17) is 14.5 Å². The molecule has 0 saturated heterocycles. The minimum Gasteiger partial charge on any atom is -0.493 e. The van der Waals surface area contributed by atoms with Crippen molar-refractivity contribution in [1.82, 2.24) is 14.9 Å². The van der Waals surface area contributed by atoms with Crippen LogP contribution < -0.4 is 14.8 Å². The molecule has 0 atom stereocenters. The molecule has 1 heterocycles. The molecule has 0 saturated carbocycles. The van der Waals surface area contributed by atoms with Gasteiger partial charge in [-0.3, -0.25) is 4.79 Å². The SMILES string of the molecule is COc1ccccc1OCCCCn1c(CCCCCNC(=O)C(C)C)nc2ccccc21. The van der Waals surface area contributed by atoms with E-state index in [-0.39, 0.29) is 11.8 Å². The second kappa shape index (κ2) is 12.9. The molecule has 0 fully saturated rings. The minimum absolute atomic E-state index is 0.0463. The van der Waals surface area contributed by atoms with Gasteiger partial charge in [0.1, 0.15) is 5.82 Å². The van der Waals surface area contributed by atoms with Crippen LogP contribution in [0, 0.1) is 5.92 Å². The maximum absolute atomic E-state index is 11.7. The van der Waals surface area contributed by atoms with Gasteiger partial charge in [0, 0.05) is 25.4 Å². The summed E-state index contributed by atoms with van der Waals surface area (Å²) in [6.07, 6.45) is 6.07. The average molecular weight is 452 g/mol. The summed E-state index contributed by atoms with van der Waals surface area (Å²) in [6, 6.07) is 16.1. The average Bonchev–Trinajstić information content (AvgIpc) is 3.18. The molecule has 3 aromatic rings. The number of aryl methyl sites for hydroxylation is 2. The van der Waals surface area contributed by atoms with E-state index in [1.807, 2.05) is 44.2 Å². The Morgan fingerprint density at radius 1 is 0.970 bits per heavy atom. The molecule has 0 bridgehead atoms. The maximum Gasteiger partial charge on any atom is 0.222 e. The molecule has 33 heavy (non-hydrogen) atoms. The molecule has 1 N–H and O–H groups in total. The van der Waals surface area contributed by atoms with Gasteiger partial charge in [-0.15, -0.1) is 0 Å². The van der Waals surface area contributed by atoms with Crippen LogP contribution in [0.25, 0.3) is 11.0 Å². The molecule has 0 radical (unpaired) electrons. The molecule has 6 nitrogen and oxygen atoms in total. The molecule has 1 amide bonds. The van der Waals surface area contributed by atoms with Crippen LogP contribution in [0.1, 0.15) is 51.8 Å². The van der Waals surface area contributed by atoms with Crippen LogP contribution in [0.2, 0.25) is 0 Å². The molecule has 3 rings (SSSR count). The van der Waals surface area contributed by atoms with E-state index in [0.717, 1.165) is 74.5 Å². The second-order valence-corrected chi connectivity index (χ2v) is 8.63. The number of imidazole rings is 1. The van der Waals surface area contributed by atoms with Crippen molar-refractivity contribution in [2.75, 3.05) is 20.3 Å². The van der Waals surface area contributed by atoms with E-state index >= 15 is 0 Å². The normalized spacial score (nSPS) is 11.2. The number of hydrogen-bond donors (Lipinski definition) is 1. The monoisotopic (exact) mass is 451 g/mol. The van der Waals surface area contributed by atoms with E-state index in [2.05, 4.69) is 28.1 Å². The Kier molecular flexibility index (Phi) is 9.60. The van der Waals surface area contributed by atoms with Crippen molar-refractivity contribution in [3.8, 4) is 11.5 Å². The zero-order valence-electron chi connectivity index (χ0n) is 20.2. The first kappa shape index (κ1) is 24.6. The number of hydrogen-bond acceptors (Lipinski definition) is 4. The highest BCUT2D eigenvalue weighted by molar-refractivity contribution is 5.77. The van der Waals surface area contributed by atoms with E-state index in [0.29, 0.717) is 6.61 Å². The van der Waals surface area contributed by atoms with Crippen LogP contribution in [0.4, 0.5) is 0 Å². The summed E-state index contributed by atoms with van der Waals surface area (Å²) in [6.45, 7) is 6.18. The number of ether oxygens (including phenoxy) is 2. The number of nitrogens with one attached hydrogen (secondary N) is 1. The summed E-state index contributed by atoms with van der Waals surface area (Å²) in [5.41, 5.74) is 2.25. The highest BCUT2D eigenvalue weighted by Crippen LogP contribution is 2.26. The molecule has 2 aromatic carbocycles. The summed E-state index contributed by atoms with van der Waals surface area (Å²) in [5.74, 6) is 2.88. The lowest BCUT2D eigenvalue weighted by molar-refractivity contribution is -0.123. The van der Waals surface area contributed by atoms with Gasteiger partial charge in [0.2, 0.25) is 5.91 Å². The van der Waals surface area contributed by atoms with Crippen LogP contribution >= 0.6 is 0 Å². The molecule has 0 spiro atoms. The van der Waals surface area contributed by atoms with Gasteiger partial charge in [-0.2, -0.15) is 0 Å². The summed E-state index contributed by atoms with van der Waals surface area (Å²) >= 11 is 0. The zero-order chi connectivity index (χ0) is 23.5. The highest BCUT2D eigenvalue weighted by Gasteiger charge is 2.11. The molecule has 1 aromatic heterocycles. The number of nitrogens with zero attached hydrogens (tertiary/aromatic N) is 2. The van der Waals surface area contributed by atoms with Gasteiger partial charge in [-0.05, 0) is 49.9 Å². The molecular formula is C27H37N3O3. The Labute approximate surface area is 197 Å². The van der Waals surface area contributed by atoms with Crippen molar-refractivity contribution in [3.63, 3.8) is 0 Å². The molecular weight excluding hydrogens is 414 g/mol.